The quantitative estimate of drug-likeness (QED) is 0.314. The topological polar surface area (TPSA) is 97.8 Å². The van der Waals surface area contributed by atoms with Gasteiger partial charge in [-0.3, -0.25) is 0 Å². The van der Waals surface area contributed by atoms with E-state index in [0.717, 1.165) is 0 Å². The first kappa shape index (κ1) is 18.1. The van der Waals surface area contributed by atoms with E-state index in [4.69, 9.17) is 11.6 Å². The molecule has 0 saturated heterocycles. The summed E-state index contributed by atoms with van der Waals surface area (Å²) in [5.41, 5.74) is -0.163. The number of nitro groups is 1. The summed E-state index contributed by atoms with van der Waals surface area (Å²) in [5.74, 6) is 0.205. The summed E-state index contributed by atoms with van der Waals surface area (Å²) in [6.45, 7) is 4.50. The van der Waals surface area contributed by atoms with Crippen molar-refractivity contribution in [1.29, 1.82) is 0 Å². The molecule has 1 aromatic rings. The first-order chi connectivity index (χ1) is 8.35. The summed E-state index contributed by atoms with van der Waals surface area (Å²) in [4.78, 5) is 13.7. The van der Waals surface area contributed by atoms with Crippen LogP contribution < -0.4 is 17.7 Å². The van der Waals surface area contributed by atoms with Gasteiger partial charge in [0.2, 0.25) is 0 Å². The van der Waals surface area contributed by atoms with Crippen molar-refractivity contribution in [2.24, 2.45) is 0 Å². The van der Waals surface area contributed by atoms with Crippen molar-refractivity contribution in [3.63, 3.8) is 0 Å². The van der Waals surface area contributed by atoms with Gasteiger partial charge in [0.1, 0.15) is 37.1 Å². The summed E-state index contributed by atoms with van der Waals surface area (Å²) >= 11 is 5.77. The molecule has 0 spiro atoms. The number of hydrogen-bond acceptors (Lipinski definition) is 4. The second-order valence-corrected chi connectivity index (χ2v) is 5.12. The average molecular weight is 313 g/mol. The molecule has 0 aliphatic heterocycles. The van der Waals surface area contributed by atoms with Crippen LogP contribution in [0.5, 0.6) is 0 Å². The van der Waals surface area contributed by atoms with Gasteiger partial charge in [-0.15, -0.1) is 11.6 Å². The van der Waals surface area contributed by atoms with Crippen molar-refractivity contribution in [1.82, 2.24) is 9.55 Å². The Morgan fingerprint density at radius 1 is 1.68 bits per heavy atom. The number of quaternary nitrogens is 1. The maximum atomic E-state index is 10.6. The van der Waals surface area contributed by atoms with Gasteiger partial charge in [-0.05, 0) is 18.8 Å². The van der Waals surface area contributed by atoms with E-state index in [-0.39, 0.29) is 30.4 Å². The van der Waals surface area contributed by atoms with Crippen molar-refractivity contribution >= 4 is 17.5 Å². The van der Waals surface area contributed by atoms with E-state index in [1.165, 1.54) is 17.0 Å². The molecular weight excluding hydrogens is 295 g/mol. The summed E-state index contributed by atoms with van der Waals surface area (Å²) in [6, 6.07) is 0. The lowest BCUT2D eigenvalue weighted by atomic mass is 10.1. The van der Waals surface area contributed by atoms with Gasteiger partial charge in [-0.25, -0.2) is 4.57 Å². The summed E-state index contributed by atoms with van der Waals surface area (Å²) in [6.07, 6.45) is 2.13. The zero-order chi connectivity index (χ0) is 13.8. The molecule has 7 nitrogen and oxygen atoms in total. The van der Waals surface area contributed by atoms with E-state index in [1.807, 2.05) is 19.2 Å². The zero-order valence-corrected chi connectivity index (χ0v) is 12.3. The highest BCUT2D eigenvalue weighted by molar-refractivity contribution is 6.18. The smallest absolute Gasteiger partial charge is 0.434 e. The number of aliphatic hydroxyl groups is 1. The minimum Gasteiger partial charge on any atom is -1.00 e. The highest BCUT2D eigenvalue weighted by Gasteiger charge is 2.23. The third-order valence-electron chi connectivity index (χ3n) is 2.55. The van der Waals surface area contributed by atoms with Crippen LogP contribution in [-0.2, 0) is 6.54 Å². The van der Waals surface area contributed by atoms with Crippen molar-refractivity contribution in [3.05, 3.63) is 22.5 Å². The maximum Gasteiger partial charge on any atom is 0.434 e. The van der Waals surface area contributed by atoms with Crippen LogP contribution in [0.2, 0.25) is 0 Å². The molecule has 1 aromatic heterocycles. The van der Waals surface area contributed by atoms with Crippen LogP contribution in [0.25, 0.3) is 0 Å². The summed E-state index contributed by atoms with van der Waals surface area (Å²) in [5, 5.41) is 22.4. The highest BCUT2D eigenvalue weighted by Crippen LogP contribution is 2.07. The first-order valence-corrected chi connectivity index (χ1v) is 6.13. The van der Waals surface area contributed by atoms with Gasteiger partial charge >= 0.3 is 5.95 Å². The number of alkyl halides is 1. The predicted octanol–water partition coefficient (Wildman–Crippen LogP) is -3.26. The van der Waals surface area contributed by atoms with Gasteiger partial charge in [-0.2, -0.15) is 0 Å². The molecule has 110 valence electrons. The lowest BCUT2D eigenvalue weighted by Gasteiger charge is -2.21. The van der Waals surface area contributed by atoms with Crippen molar-refractivity contribution in [2.75, 3.05) is 12.4 Å². The summed E-state index contributed by atoms with van der Waals surface area (Å²) < 4.78 is 1.33. The number of aliphatic hydroxyl groups excluding tert-OH is 1. The van der Waals surface area contributed by atoms with Crippen LogP contribution >= 0.6 is 11.6 Å². The lowest BCUT2D eigenvalue weighted by Crippen LogP contribution is -3.00. The third-order valence-corrected chi connectivity index (χ3v) is 3.24. The molecule has 0 aliphatic carbocycles. The van der Waals surface area contributed by atoms with Gasteiger partial charge in [0.05, 0.1) is 5.88 Å². The number of nitrogens with zero attached hydrogens (tertiary/aromatic N) is 3. The van der Waals surface area contributed by atoms with Crippen LogP contribution in [0.4, 0.5) is 5.95 Å². The zero-order valence-electron chi connectivity index (χ0n) is 10.8. The molecule has 0 fully saturated rings. The van der Waals surface area contributed by atoms with E-state index in [2.05, 4.69) is 4.98 Å². The molecule has 0 saturated carbocycles. The van der Waals surface area contributed by atoms with Crippen LogP contribution in [0.15, 0.2) is 12.4 Å². The molecule has 1 atom stereocenters. The minimum atomic E-state index is -0.694. The Bertz CT molecular complexity index is 411. The van der Waals surface area contributed by atoms with E-state index >= 15 is 0 Å². The molecule has 0 amide bonds. The van der Waals surface area contributed by atoms with Gasteiger partial charge < -0.3 is 32.9 Å². The van der Waals surface area contributed by atoms with Gasteiger partial charge in [0.15, 0.2) is 0 Å². The normalized spacial score (nSPS) is 12.8. The second kappa shape index (κ2) is 7.64. The molecule has 1 rings (SSSR count). The Balaban J connectivity index is 0.00000324. The van der Waals surface area contributed by atoms with E-state index in [9.17, 15) is 15.2 Å². The third kappa shape index (κ3) is 5.73. The largest absolute Gasteiger partial charge is 1.00 e. The molecule has 19 heavy (non-hydrogen) atoms. The van der Waals surface area contributed by atoms with Crippen LogP contribution in [-0.4, -0.2) is 43.6 Å². The second-order valence-electron chi connectivity index (χ2n) is 4.85. The molecule has 0 bridgehead atoms. The van der Waals surface area contributed by atoms with Gasteiger partial charge in [0.25, 0.3) is 0 Å². The number of hydrogen-bond donors (Lipinski definition) is 2. The fourth-order valence-corrected chi connectivity index (χ4v) is 1.54. The minimum absolute atomic E-state index is 0. The molecule has 9 heteroatoms. The predicted molar refractivity (Wildman–Crippen MR) is 66.5 cm³/mol. The number of halogens is 2. The summed E-state index contributed by atoms with van der Waals surface area (Å²) in [7, 11) is 0. The Kier molecular flexibility index (Phi) is 7.28. The fourth-order valence-electron chi connectivity index (χ4n) is 1.43. The van der Waals surface area contributed by atoms with Crippen LogP contribution in [0.1, 0.15) is 13.8 Å². The lowest BCUT2D eigenvalue weighted by molar-refractivity contribution is -0.721. The van der Waals surface area contributed by atoms with Crippen molar-refractivity contribution in [2.45, 2.75) is 32.0 Å². The van der Waals surface area contributed by atoms with Crippen molar-refractivity contribution < 1.29 is 27.8 Å². The Labute approximate surface area is 122 Å². The molecule has 1 unspecified atom stereocenters. The maximum absolute atomic E-state index is 10.6. The van der Waals surface area contributed by atoms with E-state index < -0.39 is 11.0 Å². The first-order valence-electron chi connectivity index (χ1n) is 5.59. The number of nitrogens with two attached hydrogens (primary N) is 1. The van der Waals surface area contributed by atoms with Crippen LogP contribution in [0.3, 0.4) is 0 Å². The Morgan fingerprint density at radius 2 is 2.32 bits per heavy atom. The molecule has 1 heterocycles. The number of aromatic nitrogens is 2. The van der Waals surface area contributed by atoms with Gasteiger partial charge in [0, 0.05) is 0 Å². The standard InChI is InChI=1S/C10H17ClN4O3.ClH/c1-10(2,7-11)13-5-8(16)6-14-4-3-12-9(14)15(17)18;/h3-4,8,13,16H,5-7H2,1-2H3;1H. The average Bonchev–Trinajstić information content (AvgIpc) is 2.75. The van der Waals surface area contributed by atoms with E-state index in [0.29, 0.717) is 12.4 Å². The SMILES string of the molecule is CC(C)(CCl)[NH2+]CC(O)Cn1ccnc1[N+](=O)[O-].[Cl-]. The number of imidazole rings is 1. The monoisotopic (exact) mass is 312 g/mol. The fraction of sp³-hybridized carbons (Fsp3) is 0.700. The highest BCUT2D eigenvalue weighted by atomic mass is 35.5. The van der Waals surface area contributed by atoms with Gasteiger partial charge in [-0.1, -0.05) is 4.98 Å². The molecule has 0 aromatic carbocycles. The van der Waals surface area contributed by atoms with Crippen LogP contribution in [0, 0.1) is 10.1 Å². The molecule has 0 radical (unpaired) electrons. The molecule has 3 N–H and O–H groups in total. The van der Waals surface area contributed by atoms with Crippen molar-refractivity contribution in [3.8, 4) is 0 Å². The Hall–Kier alpha value is -0.890. The molecular formula is C10H18Cl2N4O3. The molecule has 0 aliphatic rings. The Morgan fingerprint density at radius 3 is 2.84 bits per heavy atom. The number of rotatable bonds is 7. The van der Waals surface area contributed by atoms with E-state index in [1.54, 1.807) is 0 Å².